The van der Waals surface area contributed by atoms with Gasteiger partial charge < -0.3 is 4.57 Å². The van der Waals surface area contributed by atoms with Gasteiger partial charge in [0.25, 0.3) is 0 Å². The maximum atomic E-state index is 6.52. The second-order valence-corrected chi connectivity index (χ2v) is 7.50. The van der Waals surface area contributed by atoms with Crippen molar-refractivity contribution in [2.75, 3.05) is 0 Å². The Hall–Kier alpha value is -2.03. The van der Waals surface area contributed by atoms with E-state index in [4.69, 9.17) is 28.2 Å². The lowest BCUT2D eigenvalue weighted by Gasteiger charge is -2.13. The van der Waals surface area contributed by atoms with Crippen molar-refractivity contribution >= 4 is 28.9 Å². The van der Waals surface area contributed by atoms with Gasteiger partial charge in [0.05, 0.1) is 28.7 Å². The molecule has 0 saturated carbocycles. The number of nitrogens with zero attached hydrogens (tertiary/aromatic N) is 2. The summed E-state index contributed by atoms with van der Waals surface area (Å²) in [4.78, 5) is 4.93. The summed E-state index contributed by atoms with van der Waals surface area (Å²) in [6, 6.07) is 14.7. The Morgan fingerprint density at radius 1 is 0.920 bits per heavy atom. The first-order chi connectivity index (χ1) is 12.2. The van der Waals surface area contributed by atoms with Gasteiger partial charge in [0.2, 0.25) is 0 Å². The molecule has 0 atom stereocenters. The van der Waals surface area contributed by atoms with Crippen LogP contribution in [0.5, 0.6) is 0 Å². The standard InChI is InChI=1S/C21H16Cl2N2/c22-17-10-16-12-24-20(15-7-6-13-3-1-4-14(13)9-15)19-5-2-8-25(19)21(16)18(23)11-17/h2,5-11H,1,3-4,12H2. The van der Waals surface area contributed by atoms with Crippen LogP contribution in [0.3, 0.4) is 0 Å². The van der Waals surface area contributed by atoms with Crippen molar-refractivity contribution in [2.45, 2.75) is 25.8 Å². The summed E-state index contributed by atoms with van der Waals surface area (Å²) in [5.41, 5.74) is 8.23. The Morgan fingerprint density at radius 3 is 2.72 bits per heavy atom. The number of hydrogen-bond acceptors (Lipinski definition) is 1. The number of halogens is 2. The second kappa shape index (κ2) is 5.76. The summed E-state index contributed by atoms with van der Waals surface area (Å²) in [5, 5.41) is 1.30. The molecule has 2 aromatic carbocycles. The molecular weight excluding hydrogens is 351 g/mol. The molecule has 0 fully saturated rings. The van der Waals surface area contributed by atoms with Crippen LogP contribution >= 0.6 is 23.2 Å². The summed E-state index contributed by atoms with van der Waals surface area (Å²) in [5.74, 6) is 0. The van der Waals surface area contributed by atoms with Crippen LogP contribution in [0.4, 0.5) is 0 Å². The van der Waals surface area contributed by atoms with E-state index in [1.165, 1.54) is 36.0 Å². The van der Waals surface area contributed by atoms with E-state index >= 15 is 0 Å². The minimum absolute atomic E-state index is 0.573. The van der Waals surface area contributed by atoms with Gasteiger partial charge in [-0.15, -0.1) is 0 Å². The van der Waals surface area contributed by atoms with Crippen LogP contribution in [0.1, 0.15) is 34.4 Å². The maximum Gasteiger partial charge on any atom is 0.0891 e. The van der Waals surface area contributed by atoms with E-state index in [2.05, 4.69) is 28.8 Å². The molecule has 2 aliphatic rings. The zero-order valence-electron chi connectivity index (χ0n) is 13.6. The summed E-state index contributed by atoms with van der Waals surface area (Å²) < 4.78 is 2.13. The van der Waals surface area contributed by atoms with Gasteiger partial charge in [0, 0.05) is 22.3 Å². The number of benzene rings is 2. The van der Waals surface area contributed by atoms with Crippen molar-refractivity contribution in [1.29, 1.82) is 0 Å². The first-order valence-corrected chi connectivity index (χ1v) is 9.29. The van der Waals surface area contributed by atoms with Crippen LogP contribution in [-0.4, -0.2) is 10.3 Å². The van der Waals surface area contributed by atoms with Gasteiger partial charge in [0.15, 0.2) is 0 Å². The smallest absolute Gasteiger partial charge is 0.0891 e. The molecule has 0 spiro atoms. The lowest BCUT2D eigenvalue weighted by molar-refractivity contribution is 0.912. The Morgan fingerprint density at radius 2 is 1.80 bits per heavy atom. The van der Waals surface area contributed by atoms with Gasteiger partial charge in [0.1, 0.15) is 0 Å². The maximum absolute atomic E-state index is 6.52. The van der Waals surface area contributed by atoms with Crippen LogP contribution < -0.4 is 0 Å². The minimum atomic E-state index is 0.573. The average molecular weight is 367 g/mol. The first kappa shape index (κ1) is 15.2. The fourth-order valence-electron chi connectivity index (χ4n) is 3.98. The molecule has 1 aliphatic heterocycles. The Bertz CT molecular complexity index is 1030. The minimum Gasteiger partial charge on any atom is -0.313 e. The van der Waals surface area contributed by atoms with Crippen molar-refractivity contribution < 1.29 is 0 Å². The number of fused-ring (bicyclic) bond motifs is 4. The highest BCUT2D eigenvalue weighted by Crippen LogP contribution is 2.34. The molecule has 0 N–H and O–H groups in total. The van der Waals surface area contributed by atoms with E-state index in [0.717, 1.165) is 22.7 Å². The molecule has 124 valence electrons. The predicted octanol–water partition coefficient (Wildman–Crippen LogP) is 5.62. The number of rotatable bonds is 1. The van der Waals surface area contributed by atoms with Crippen molar-refractivity contribution in [1.82, 2.24) is 4.57 Å². The Labute approximate surface area is 156 Å². The topological polar surface area (TPSA) is 17.3 Å². The summed E-state index contributed by atoms with van der Waals surface area (Å²) in [7, 11) is 0. The Kier molecular flexibility index (Phi) is 3.51. The van der Waals surface area contributed by atoms with Crippen LogP contribution in [-0.2, 0) is 19.4 Å². The number of aliphatic imine (C=N–C) groups is 1. The predicted molar refractivity (Wildman–Crippen MR) is 104 cm³/mol. The van der Waals surface area contributed by atoms with E-state index in [9.17, 15) is 0 Å². The van der Waals surface area contributed by atoms with Gasteiger partial charge in [-0.2, -0.15) is 0 Å². The average Bonchev–Trinajstić information content (AvgIpc) is 3.21. The summed E-state index contributed by atoms with van der Waals surface area (Å²) in [6.45, 7) is 0.573. The van der Waals surface area contributed by atoms with Crippen LogP contribution in [0.15, 0.2) is 53.7 Å². The van der Waals surface area contributed by atoms with Gasteiger partial charge in [-0.25, -0.2) is 0 Å². The zero-order valence-corrected chi connectivity index (χ0v) is 15.1. The summed E-state index contributed by atoms with van der Waals surface area (Å²) in [6.07, 6.45) is 5.65. The molecule has 25 heavy (non-hydrogen) atoms. The van der Waals surface area contributed by atoms with E-state index < -0.39 is 0 Å². The highest BCUT2D eigenvalue weighted by atomic mass is 35.5. The van der Waals surface area contributed by atoms with Gasteiger partial charge >= 0.3 is 0 Å². The fraction of sp³-hybridized carbons (Fsp3) is 0.190. The lowest BCUT2D eigenvalue weighted by atomic mass is 10.0. The second-order valence-electron chi connectivity index (χ2n) is 6.66. The number of aryl methyl sites for hydroxylation is 2. The van der Waals surface area contributed by atoms with Gasteiger partial charge in [-0.05, 0) is 60.7 Å². The fourth-order valence-corrected chi connectivity index (χ4v) is 4.61. The molecule has 0 bridgehead atoms. The van der Waals surface area contributed by atoms with Gasteiger partial charge in [-0.3, -0.25) is 4.99 Å². The number of aromatic nitrogens is 1. The van der Waals surface area contributed by atoms with Crippen molar-refractivity contribution in [3.8, 4) is 5.69 Å². The lowest BCUT2D eigenvalue weighted by Crippen LogP contribution is -2.09. The molecule has 2 heterocycles. The Balaban J connectivity index is 1.71. The van der Waals surface area contributed by atoms with E-state index in [1.807, 2.05) is 18.3 Å². The number of hydrogen-bond donors (Lipinski definition) is 0. The largest absolute Gasteiger partial charge is 0.313 e. The van der Waals surface area contributed by atoms with E-state index in [0.29, 0.717) is 16.6 Å². The molecule has 2 nitrogen and oxygen atoms in total. The molecule has 0 saturated heterocycles. The molecule has 4 heteroatoms. The molecule has 1 aliphatic carbocycles. The molecule has 0 radical (unpaired) electrons. The summed E-state index contributed by atoms with van der Waals surface area (Å²) >= 11 is 12.7. The monoisotopic (exact) mass is 366 g/mol. The highest BCUT2D eigenvalue weighted by molar-refractivity contribution is 6.36. The quantitative estimate of drug-likeness (QED) is 0.531. The molecule has 5 rings (SSSR count). The third kappa shape index (κ3) is 2.44. The van der Waals surface area contributed by atoms with Crippen molar-refractivity contribution in [3.05, 3.63) is 86.7 Å². The van der Waals surface area contributed by atoms with Crippen LogP contribution in [0.2, 0.25) is 10.0 Å². The molecule has 1 aromatic heterocycles. The van der Waals surface area contributed by atoms with Crippen molar-refractivity contribution in [2.24, 2.45) is 4.99 Å². The first-order valence-electron chi connectivity index (χ1n) is 8.53. The van der Waals surface area contributed by atoms with Crippen LogP contribution in [0, 0.1) is 0 Å². The molecule has 0 amide bonds. The molecular formula is C21H16Cl2N2. The third-order valence-electron chi connectivity index (χ3n) is 5.12. The SMILES string of the molecule is Clc1cc(Cl)c2c(c1)CN=C(c1ccc3c(c1)CCC3)c1cccn1-2. The van der Waals surface area contributed by atoms with Crippen LogP contribution in [0.25, 0.3) is 5.69 Å². The van der Waals surface area contributed by atoms with E-state index in [1.54, 1.807) is 6.07 Å². The zero-order chi connectivity index (χ0) is 17.0. The highest BCUT2D eigenvalue weighted by Gasteiger charge is 2.22. The third-order valence-corrected chi connectivity index (χ3v) is 5.63. The molecule has 3 aromatic rings. The molecule has 0 unspecified atom stereocenters. The van der Waals surface area contributed by atoms with Gasteiger partial charge in [-0.1, -0.05) is 35.3 Å². The normalized spacial score (nSPS) is 15.2. The van der Waals surface area contributed by atoms with Crippen molar-refractivity contribution in [3.63, 3.8) is 0 Å². The van der Waals surface area contributed by atoms with E-state index in [-0.39, 0.29) is 0 Å².